The number of carbonyl (C=O) groups is 2. The van der Waals surface area contributed by atoms with Gasteiger partial charge in [-0.05, 0) is 49.2 Å². The molecule has 7 heteroatoms. The van der Waals surface area contributed by atoms with Gasteiger partial charge in [0.2, 0.25) is 0 Å². The van der Waals surface area contributed by atoms with Gasteiger partial charge in [0, 0.05) is 12.2 Å². The second kappa shape index (κ2) is 7.51. The van der Waals surface area contributed by atoms with E-state index in [-0.39, 0.29) is 17.2 Å². The monoisotopic (exact) mass is 361 g/mol. The van der Waals surface area contributed by atoms with Crippen molar-refractivity contribution < 1.29 is 27.8 Å². The number of benzene rings is 2. The first-order valence-corrected chi connectivity index (χ1v) is 8.11. The second-order valence-corrected chi connectivity index (χ2v) is 5.82. The Morgan fingerprint density at radius 3 is 2.46 bits per heavy atom. The summed E-state index contributed by atoms with van der Waals surface area (Å²) in [4.78, 5) is 26.4. The lowest BCUT2D eigenvalue weighted by Crippen LogP contribution is -2.39. The molecule has 0 saturated heterocycles. The molecule has 0 radical (unpaired) electrons. The number of ether oxygens (including phenoxy) is 2. The Morgan fingerprint density at radius 1 is 1.08 bits per heavy atom. The molecule has 2 aromatic carbocycles. The number of rotatable bonds is 5. The number of nitrogens with zero attached hydrogens (tertiary/aromatic N) is 1. The molecular formula is C19H17F2NO4. The number of hydrogen-bond donors (Lipinski definition) is 0. The fraction of sp³-hybridized carbons (Fsp3) is 0.263. The lowest BCUT2D eigenvalue weighted by atomic mass is 10.2. The molecule has 136 valence electrons. The van der Waals surface area contributed by atoms with Crippen LogP contribution in [0, 0.1) is 0 Å². The fourth-order valence-electron chi connectivity index (χ4n) is 2.84. The number of esters is 1. The van der Waals surface area contributed by atoms with Crippen molar-refractivity contribution in [3.8, 4) is 5.75 Å². The van der Waals surface area contributed by atoms with Crippen molar-refractivity contribution in [2.75, 3.05) is 11.4 Å². The predicted octanol–water partition coefficient (Wildman–Crippen LogP) is 3.42. The Labute approximate surface area is 149 Å². The lowest BCUT2D eigenvalue weighted by molar-refractivity contribution is -0.126. The third-order valence-corrected chi connectivity index (χ3v) is 4.10. The van der Waals surface area contributed by atoms with Crippen LogP contribution in [-0.4, -0.2) is 31.1 Å². The molecule has 0 unspecified atom stereocenters. The highest BCUT2D eigenvalue weighted by Gasteiger charge is 2.29. The summed E-state index contributed by atoms with van der Waals surface area (Å²) in [6.07, 6.45) is -0.209. The van der Waals surface area contributed by atoms with Crippen molar-refractivity contribution in [2.24, 2.45) is 0 Å². The molecule has 1 aliphatic rings. The van der Waals surface area contributed by atoms with E-state index in [1.165, 1.54) is 31.2 Å². The standard InChI is InChI=1S/C19H17F2NO4/c1-12(17(23)22-11-10-13-4-2-3-5-16(13)22)25-18(24)14-6-8-15(9-7-14)26-19(20)21/h2-9,12,19H,10-11H2,1H3/t12-/m1/s1. The number of carbonyl (C=O) groups excluding carboxylic acids is 2. The summed E-state index contributed by atoms with van der Waals surface area (Å²) < 4.78 is 33.7. The van der Waals surface area contributed by atoms with Gasteiger partial charge in [0.05, 0.1) is 5.56 Å². The zero-order chi connectivity index (χ0) is 18.7. The highest BCUT2D eigenvalue weighted by atomic mass is 19.3. The van der Waals surface area contributed by atoms with Crippen LogP contribution in [0.1, 0.15) is 22.8 Å². The number of fused-ring (bicyclic) bond motifs is 1. The van der Waals surface area contributed by atoms with E-state index in [4.69, 9.17) is 4.74 Å². The van der Waals surface area contributed by atoms with Crippen molar-refractivity contribution in [2.45, 2.75) is 26.1 Å². The van der Waals surface area contributed by atoms with E-state index in [1.807, 2.05) is 24.3 Å². The van der Waals surface area contributed by atoms with Gasteiger partial charge in [-0.25, -0.2) is 4.79 Å². The third-order valence-electron chi connectivity index (χ3n) is 4.10. The normalized spacial score (nSPS) is 14.1. The number of hydrogen-bond acceptors (Lipinski definition) is 4. The average Bonchev–Trinajstić information content (AvgIpc) is 3.05. The Balaban J connectivity index is 1.63. The minimum Gasteiger partial charge on any atom is -0.449 e. The van der Waals surface area contributed by atoms with Gasteiger partial charge in [0.25, 0.3) is 5.91 Å². The zero-order valence-corrected chi connectivity index (χ0v) is 14.0. The first-order chi connectivity index (χ1) is 12.5. The molecule has 1 aliphatic heterocycles. The van der Waals surface area contributed by atoms with Crippen molar-refractivity contribution in [3.63, 3.8) is 0 Å². The smallest absolute Gasteiger partial charge is 0.387 e. The third kappa shape index (κ3) is 3.82. The molecule has 3 rings (SSSR count). The Hall–Kier alpha value is -2.96. The van der Waals surface area contributed by atoms with Crippen LogP contribution >= 0.6 is 0 Å². The van der Waals surface area contributed by atoms with Crippen LogP contribution in [0.15, 0.2) is 48.5 Å². The van der Waals surface area contributed by atoms with Gasteiger partial charge in [-0.1, -0.05) is 18.2 Å². The summed E-state index contributed by atoms with van der Waals surface area (Å²) in [6.45, 7) is -0.886. The molecule has 0 saturated carbocycles. The summed E-state index contributed by atoms with van der Waals surface area (Å²) in [5, 5.41) is 0. The van der Waals surface area contributed by atoms with E-state index in [9.17, 15) is 18.4 Å². The van der Waals surface area contributed by atoms with Crippen LogP contribution in [0.5, 0.6) is 5.75 Å². The van der Waals surface area contributed by atoms with E-state index < -0.39 is 18.7 Å². The Morgan fingerprint density at radius 2 is 1.77 bits per heavy atom. The van der Waals surface area contributed by atoms with Gasteiger partial charge in [-0.15, -0.1) is 0 Å². The molecule has 0 spiro atoms. The van der Waals surface area contributed by atoms with E-state index in [2.05, 4.69) is 4.74 Å². The van der Waals surface area contributed by atoms with Crippen LogP contribution < -0.4 is 9.64 Å². The van der Waals surface area contributed by atoms with Gasteiger partial charge in [0.15, 0.2) is 6.10 Å². The number of para-hydroxylation sites is 1. The molecule has 0 N–H and O–H groups in total. The fourth-order valence-corrected chi connectivity index (χ4v) is 2.84. The summed E-state index contributed by atoms with van der Waals surface area (Å²) >= 11 is 0. The number of amides is 1. The molecule has 0 aliphatic carbocycles. The van der Waals surface area contributed by atoms with E-state index in [0.717, 1.165) is 17.7 Å². The van der Waals surface area contributed by atoms with Gasteiger partial charge in [0.1, 0.15) is 5.75 Å². The molecule has 26 heavy (non-hydrogen) atoms. The molecule has 0 aromatic heterocycles. The first kappa shape index (κ1) is 17.8. The number of alkyl halides is 2. The summed E-state index contributed by atoms with van der Waals surface area (Å²) in [6, 6.07) is 12.7. The topological polar surface area (TPSA) is 55.8 Å². The SMILES string of the molecule is C[C@@H](OC(=O)c1ccc(OC(F)F)cc1)C(=O)N1CCc2ccccc21. The Bertz CT molecular complexity index is 807. The molecule has 1 heterocycles. The van der Waals surface area contributed by atoms with Gasteiger partial charge in [-0.2, -0.15) is 8.78 Å². The minimum absolute atomic E-state index is 0.0608. The molecule has 0 bridgehead atoms. The molecule has 1 atom stereocenters. The van der Waals surface area contributed by atoms with Gasteiger partial charge < -0.3 is 14.4 Å². The van der Waals surface area contributed by atoms with Crippen LogP contribution in [0.4, 0.5) is 14.5 Å². The van der Waals surface area contributed by atoms with Crippen LogP contribution in [0.3, 0.4) is 0 Å². The van der Waals surface area contributed by atoms with Crippen LogP contribution in [0.25, 0.3) is 0 Å². The maximum absolute atomic E-state index is 12.6. The van der Waals surface area contributed by atoms with Gasteiger partial charge in [-0.3, -0.25) is 4.79 Å². The van der Waals surface area contributed by atoms with Crippen LogP contribution in [-0.2, 0) is 16.0 Å². The largest absolute Gasteiger partial charge is 0.449 e. The van der Waals surface area contributed by atoms with E-state index >= 15 is 0 Å². The summed E-state index contributed by atoms with van der Waals surface area (Å²) in [7, 11) is 0. The second-order valence-electron chi connectivity index (χ2n) is 5.82. The number of anilines is 1. The summed E-state index contributed by atoms with van der Waals surface area (Å²) in [5.74, 6) is -1.07. The van der Waals surface area contributed by atoms with Crippen molar-refractivity contribution >= 4 is 17.6 Å². The molecule has 2 aromatic rings. The average molecular weight is 361 g/mol. The minimum atomic E-state index is -2.94. The van der Waals surface area contributed by atoms with E-state index in [1.54, 1.807) is 4.90 Å². The van der Waals surface area contributed by atoms with Crippen molar-refractivity contribution in [1.29, 1.82) is 0 Å². The Kier molecular flexibility index (Phi) is 5.16. The highest BCUT2D eigenvalue weighted by Crippen LogP contribution is 2.28. The predicted molar refractivity (Wildman–Crippen MR) is 90.5 cm³/mol. The van der Waals surface area contributed by atoms with Crippen molar-refractivity contribution in [1.82, 2.24) is 0 Å². The zero-order valence-electron chi connectivity index (χ0n) is 14.0. The van der Waals surface area contributed by atoms with Crippen molar-refractivity contribution in [3.05, 3.63) is 59.7 Å². The quantitative estimate of drug-likeness (QED) is 0.766. The summed E-state index contributed by atoms with van der Waals surface area (Å²) in [5.41, 5.74) is 2.05. The van der Waals surface area contributed by atoms with E-state index in [0.29, 0.717) is 6.54 Å². The first-order valence-electron chi connectivity index (χ1n) is 8.11. The number of halogens is 2. The molecule has 5 nitrogen and oxygen atoms in total. The highest BCUT2D eigenvalue weighted by molar-refractivity contribution is 6.00. The molecule has 1 amide bonds. The van der Waals surface area contributed by atoms with Crippen LogP contribution in [0.2, 0.25) is 0 Å². The molecular weight excluding hydrogens is 344 g/mol. The molecule has 0 fully saturated rings. The maximum atomic E-state index is 12.6. The maximum Gasteiger partial charge on any atom is 0.387 e. The lowest BCUT2D eigenvalue weighted by Gasteiger charge is -2.21. The van der Waals surface area contributed by atoms with Gasteiger partial charge >= 0.3 is 12.6 Å².